The summed E-state index contributed by atoms with van der Waals surface area (Å²) in [6.45, 7) is 1.71. The minimum Gasteiger partial charge on any atom is -0.495 e. The number of benzene rings is 3. The van der Waals surface area contributed by atoms with Gasteiger partial charge in [0.2, 0.25) is 0 Å². The predicted molar refractivity (Wildman–Crippen MR) is 138 cm³/mol. The van der Waals surface area contributed by atoms with Crippen molar-refractivity contribution in [2.75, 3.05) is 22.6 Å². The van der Waals surface area contributed by atoms with Crippen LogP contribution < -0.4 is 20.3 Å². The van der Waals surface area contributed by atoms with Crippen LogP contribution in [0.15, 0.2) is 71.4 Å². The summed E-state index contributed by atoms with van der Waals surface area (Å²) in [5, 5.41) is 6.25. The molecule has 1 heterocycles. The molecule has 3 aromatic carbocycles. The first-order valence-corrected chi connectivity index (χ1v) is 11.4. The van der Waals surface area contributed by atoms with Crippen LogP contribution in [-0.4, -0.2) is 24.8 Å². The van der Waals surface area contributed by atoms with Gasteiger partial charge in [-0.2, -0.15) is 0 Å². The van der Waals surface area contributed by atoms with Gasteiger partial charge in [0.05, 0.1) is 18.5 Å². The summed E-state index contributed by atoms with van der Waals surface area (Å²) in [6.07, 6.45) is 0. The first-order valence-electron chi connectivity index (χ1n) is 10.3. The lowest BCUT2D eigenvalue weighted by molar-refractivity contribution is -0.120. The van der Waals surface area contributed by atoms with E-state index >= 15 is 0 Å². The molecule has 0 radical (unpaired) electrons. The monoisotopic (exact) mass is 529 g/mol. The minimum atomic E-state index is -0.656. The smallest absolute Gasteiger partial charge is 0.283 e. The molecule has 3 amide bonds. The SMILES string of the molecule is COc1ccc(Cl)cc1NC(=O)c1ccc(NC2=C(Cl)C(=O)N(c3cccc(Cl)c3C)C2=O)cc1. The Balaban J connectivity index is 1.51. The number of amides is 3. The van der Waals surface area contributed by atoms with Crippen molar-refractivity contribution >= 4 is 69.6 Å². The largest absolute Gasteiger partial charge is 0.495 e. The van der Waals surface area contributed by atoms with E-state index in [1.807, 2.05) is 0 Å². The predicted octanol–water partition coefficient (Wildman–Crippen LogP) is 6.00. The van der Waals surface area contributed by atoms with Gasteiger partial charge in [-0.3, -0.25) is 14.4 Å². The molecule has 178 valence electrons. The molecule has 4 rings (SSSR count). The average Bonchev–Trinajstić information content (AvgIpc) is 3.04. The second-order valence-corrected chi connectivity index (χ2v) is 8.74. The molecule has 3 aromatic rings. The van der Waals surface area contributed by atoms with Gasteiger partial charge >= 0.3 is 0 Å². The number of methoxy groups -OCH3 is 1. The number of rotatable bonds is 6. The molecule has 0 saturated heterocycles. The zero-order chi connectivity index (χ0) is 25.3. The van der Waals surface area contributed by atoms with Gasteiger partial charge in [0.15, 0.2) is 0 Å². The van der Waals surface area contributed by atoms with Crippen LogP contribution in [0.3, 0.4) is 0 Å². The number of ether oxygens (including phenoxy) is 1. The highest BCUT2D eigenvalue weighted by molar-refractivity contribution is 6.53. The number of hydrogen-bond acceptors (Lipinski definition) is 5. The molecule has 10 heteroatoms. The minimum absolute atomic E-state index is 0.0723. The molecule has 0 unspecified atom stereocenters. The lowest BCUT2D eigenvalue weighted by Crippen LogP contribution is -2.32. The molecule has 0 spiro atoms. The standard InChI is InChI=1S/C25H18Cl3N3O4/c1-13-17(27)4-3-5-19(13)31-24(33)21(28)22(25(31)34)29-16-9-6-14(7-10-16)23(32)30-18-12-15(26)8-11-20(18)35-2/h3-12,29H,1-2H3,(H,30,32). The molecule has 0 saturated carbocycles. The number of halogens is 3. The van der Waals surface area contributed by atoms with Crippen molar-refractivity contribution in [1.29, 1.82) is 0 Å². The van der Waals surface area contributed by atoms with E-state index in [0.29, 0.717) is 44.0 Å². The number of anilines is 3. The van der Waals surface area contributed by atoms with Crippen molar-refractivity contribution in [1.82, 2.24) is 0 Å². The molecule has 0 atom stereocenters. The summed E-state index contributed by atoms with van der Waals surface area (Å²) in [4.78, 5) is 39.4. The maximum atomic E-state index is 13.0. The lowest BCUT2D eigenvalue weighted by Gasteiger charge is -2.18. The third-order valence-electron chi connectivity index (χ3n) is 5.33. The number of carbonyl (C=O) groups is 3. The van der Waals surface area contributed by atoms with Crippen molar-refractivity contribution in [3.8, 4) is 5.75 Å². The van der Waals surface area contributed by atoms with Crippen LogP contribution in [0.5, 0.6) is 5.75 Å². The van der Waals surface area contributed by atoms with Crippen molar-refractivity contribution in [3.05, 3.63) is 92.6 Å². The summed E-state index contributed by atoms with van der Waals surface area (Å²) < 4.78 is 5.24. The zero-order valence-corrected chi connectivity index (χ0v) is 20.8. The fourth-order valence-corrected chi connectivity index (χ4v) is 4.04. The Bertz CT molecular complexity index is 1390. The van der Waals surface area contributed by atoms with Crippen molar-refractivity contribution < 1.29 is 19.1 Å². The van der Waals surface area contributed by atoms with Gasteiger partial charge < -0.3 is 15.4 Å². The number of hydrogen-bond donors (Lipinski definition) is 2. The highest BCUT2D eigenvalue weighted by Crippen LogP contribution is 2.34. The second-order valence-electron chi connectivity index (χ2n) is 7.52. The van der Waals surface area contributed by atoms with Crippen molar-refractivity contribution in [3.63, 3.8) is 0 Å². The normalized spacial score (nSPS) is 13.3. The fourth-order valence-electron chi connectivity index (χ4n) is 3.49. The molecule has 0 aromatic heterocycles. The van der Waals surface area contributed by atoms with Crippen LogP contribution in [0.1, 0.15) is 15.9 Å². The third kappa shape index (κ3) is 4.84. The molecule has 0 aliphatic carbocycles. The van der Waals surface area contributed by atoms with E-state index in [1.54, 1.807) is 67.6 Å². The van der Waals surface area contributed by atoms with Crippen LogP contribution in [0, 0.1) is 6.92 Å². The quantitative estimate of drug-likeness (QED) is 0.382. The number of carbonyl (C=O) groups excluding carboxylic acids is 3. The average molecular weight is 531 g/mol. The van der Waals surface area contributed by atoms with E-state index in [4.69, 9.17) is 39.5 Å². The summed E-state index contributed by atoms with van der Waals surface area (Å²) in [6, 6.07) is 16.1. The molecule has 35 heavy (non-hydrogen) atoms. The fraction of sp³-hybridized carbons (Fsp3) is 0.0800. The summed E-state index contributed by atoms with van der Waals surface area (Å²) in [5.41, 5.74) is 2.09. The third-order valence-corrected chi connectivity index (χ3v) is 6.33. The lowest BCUT2D eigenvalue weighted by atomic mass is 10.1. The Morgan fingerprint density at radius 2 is 1.66 bits per heavy atom. The molecular formula is C25H18Cl3N3O4. The highest BCUT2D eigenvalue weighted by Gasteiger charge is 2.39. The summed E-state index contributed by atoms with van der Waals surface area (Å²) >= 11 is 18.4. The first kappa shape index (κ1) is 24.6. The van der Waals surface area contributed by atoms with Crippen LogP contribution in [0.4, 0.5) is 17.1 Å². The summed E-state index contributed by atoms with van der Waals surface area (Å²) in [7, 11) is 1.49. The van der Waals surface area contributed by atoms with E-state index in [-0.39, 0.29) is 16.6 Å². The molecule has 2 N–H and O–H groups in total. The van der Waals surface area contributed by atoms with Crippen molar-refractivity contribution in [2.45, 2.75) is 6.92 Å². The van der Waals surface area contributed by atoms with E-state index in [0.717, 1.165) is 4.90 Å². The highest BCUT2D eigenvalue weighted by atomic mass is 35.5. The maximum absolute atomic E-state index is 13.0. The molecular weight excluding hydrogens is 513 g/mol. The first-order chi connectivity index (χ1) is 16.7. The Morgan fingerprint density at radius 3 is 2.34 bits per heavy atom. The number of imide groups is 1. The zero-order valence-electron chi connectivity index (χ0n) is 18.5. The van der Waals surface area contributed by atoms with Crippen LogP contribution in [0.25, 0.3) is 0 Å². The Kier molecular flexibility index (Phi) is 7.03. The molecule has 0 bridgehead atoms. The van der Waals surface area contributed by atoms with Gasteiger partial charge in [-0.15, -0.1) is 0 Å². The van der Waals surface area contributed by atoms with E-state index < -0.39 is 11.8 Å². The molecule has 1 aliphatic heterocycles. The maximum Gasteiger partial charge on any atom is 0.283 e. The van der Waals surface area contributed by atoms with Crippen LogP contribution in [0.2, 0.25) is 10.0 Å². The van der Waals surface area contributed by atoms with Crippen molar-refractivity contribution in [2.24, 2.45) is 0 Å². The molecule has 7 nitrogen and oxygen atoms in total. The van der Waals surface area contributed by atoms with Gasteiger partial charge in [0.25, 0.3) is 17.7 Å². The molecule has 0 fully saturated rings. The number of nitrogens with one attached hydrogen (secondary N) is 2. The van der Waals surface area contributed by atoms with Gasteiger partial charge in [-0.25, -0.2) is 4.90 Å². The topological polar surface area (TPSA) is 87.7 Å². The van der Waals surface area contributed by atoms with E-state index in [2.05, 4.69) is 10.6 Å². The van der Waals surface area contributed by atoms with Gasteiger partial charge in [-0.1, -0.05) is 40.9 Å². The molecule has 1 aliphatic rings. The van der Waals surface area contributed by atoms with E-state index in [1.165, 1.54) is 7.11 Å². The Hall–Kier alpha value is -3.52. The Morgan fingerprint density at radius 1 is 0.943 bits per heavy atom. The van der Waals surface area contributed by atoms with E-state index in [9.17, 15) is 14.4 Å². The summed E-state index contributed by atoms with van der Waals surface area (Å²) in [5.74, 6) is -1.19. The number of nitrogens with zero attached hydrogens (tertiary/aromatic N) is 1. The van der Waals surface area contributed by atoms with Gasteiger partial charge in [-0.05, 0) is 67.1 Å². The van der Waals surface area contributed by atoms with Gasteiger partial charge in [0.1, 0.15) is 16.5 Å². The Labute approximate surface area is 216 Å². The van der Waals surface area contributed by atoms with Crippen LogP contribution >= 0.6 is 34.8 Å². The second kappa shape index (κ2) is 10.00. The van der Waals surface area contributed by atoms with Gasteiger partial charge in [0, 0.05) is 21.3 Å². The van der Waals surface area contributed by atoms with Crippen LogP contribution in [-0.2, 0) is 9.59 Å².